The molecule has 1 aromatic heterocycles. The summed E-state index contributed by atoms with van der Waals surface area (Å²) in [7, 11) is -1.46. The fourth-order valence-electron chi connectivity index (χ4n) is 5.07. The molecular formula is C28H25N3O4S4. The maximum atomic E-state index is 13.1. The Morgan fingerprint density at radius 2 is 1.87 bits per heavy atom. The molecule has 200 valence electrons. The summed E-state index contributed by atoms with van der Waals surface area (Å²) in [5, 5.41) is 9.12. The van der Waals surface area contributed by atoms with Gasteiger partial charge in [0.2, 0.25) is 0 Å². The van der Waals surface area contributed by atoms with E-state index in [1.165, 1.54) is 16.7 Å². The van der Waals surface area contributed by atoms with Crippen molar-refractivity contribution in [1.82, 2.24) is 4.90 Å². The summed E-state index contributed by atoms with van der Waals surface area (Å²) >= 11 is 8.35. The van der Waals surface area contributed by atoms with Crippen LogP contribution >= 0.6 is 35.3 Å². The van der Waals surface area contributed by atoms with Crippen LogP contribution in [0.3, 0.4) is 0 Å². The largest absolute Gasteiger partial charge is 0.497 e. The van der Waals surface area contributed by atoms with E-state index >= 15 is 0 Å². The molecule has 2 unspecified atom stereocenters. The Morgan fingerprint density at radius 3 is 2.51 bits per heavy atom. The average Bonchev–Trinajstić information content (AvgIpc) is 3.72. The second-order valence-corrected chi connectivity index (χ2v) is 14.4. The van der Waals surface area contributed by atoms with E-state index in [1.54, 1.807) is 18.4 Å². The highest BCUT2D eigenvalue weighted by molar-refractivity contribution is 8.26. The molecule has 3 aliphatic rings. The number of anilines is 1. The van der Waals surface area contributed by atoms with E-state index in [-0.39, 0.29) is 29.5 Å². The zero-order chi connectivity index (χ0) is 27.1. The number of carbonyl (C=O) groups excluding carboxylic acids is 1. The maximum absolute atomic E-state index is 13.1. The lowest BCUT2D eigenvalue weighted by Crippen LogP contribution is -2.39. The predicted octanol–water partition coefficient (Wildman–Crippen LogP) is 5.50. The van der Waals surface area contributed by atoms with Crippen LogP contribution in [-0.2, 0) is 14.6 Å². The number of thiocarbonyl (C=S) groups is 1. The first-order chi connectivity index (χ1) is 18.8. The minimum Gasteiger partial charge on any atom is -0.497 e. The van der Waals surface area contributed by atoms with E-state index in [2.05, 4.69) is 28.6 Å². The molecule has 11 heteroatoms. The van der Waals surface area contributed by atoms with E-state index in [4.69, 9.17) is 22.1 Å². The summed E-state index contributed by atoms with van der Waals surface area (Å²) in [6.07, 6.45) is 3.03. The van der Waals surface area contributed by atoms with Crippen molar-refractivity contribution in [3.05, 3.63) is 87.0 Å². The first kappa shape index (κ1) is 26.2. The van der Waals surface area contributed by atoms with Crippen LogP contribution in [0.15, 0.2) is 76.1 Å². The first-order valence-electron chi connectivity index (χ1n) is 12.4. The smallest absolute Gasteiger partial charge is 0.266 e. The number of nitrogens with zero attached hydrogens (tertiary/aromatic N) is 3. The standard InChI is InChI=1S/C28H25N3O4S4/c1-35-22-10-6-19(7-11-22)24-16-23(25-3-2-13-37-25)29-31(24)20-8-4-18(5-9-20)15-26-27(32)30(28(36)38-26)21-12-14-39(33,34)17-21/h2-11,13,15,21,24H,12,14,16-17H2,1H3/b26-15-. The van der Waals surface area contributed by atoms with Crippen LogP contribution in [0.5, 0.6) is 5.75 Å². The Labute approximate surface area is 241 Å². The molecule has 1 amide bonds. The summed E-state index contributed by atoms with van der Waals surface area (Å²) in [4.78, 5) is 16.3. The molecule has 0 N–H and O–H groups in total. The van der Waals surface area contributed by atoms with Gasteiger partial charge in [-0.15, -0.1) is 11.3 Å². The SMILES string of the molecule is COc1ccc(C2CC(c3cccs3)=NN2c2ccc(/C=C3\SC(=S)N(C4CCS(=O)(=O)C4)C3=O)cc2)cc1. The molecule has 6 rings (SSSR count). The van der Waals surface area contributed by atoms with Crippen molar-refractivity contribution in [2.75, 3.05) is 23.6 Å². The van der Waals surface area contributed by atoms with Gasteiger partial charge in [0, 0.05) is 6.42 Å². The zero-order valence-corrected chi connectivity index (χ0v) is 24.3. The third-order valence-corrected chi connectivity index (χ3v) is 11.1. The van der Waals surface area contributed by atoms with Crippen molar-refractivity contribution in [1.29, 1.82) is 0 Å². The summed E-state index contributed by atoms with van der Waals surface area (Å²) in [5.74, 6) is 0.660. The Balaban J connectivity index is 1.25. The van der Waals surface area contributed by atoms with Gasteiger partial charge in [-0.2, -0.15) is 5.10 Å². The van der Waals surface area contributed by atoms with E-state index in [9.17, 15) is 13.2 Å². The second-order valence-electron chi connectivity index (χ2n) is 9.56. The highest BCUT2D eigenvalue weighted by Crippen LogP contribution is 2.39. The number of ether oxygens (including phenoxy) is 1. The molecule has 0 radical (unpaired) electrons. The van der Waals surface area contributed by atoms with Crippen LogP contribution in [0.25, 0.3) is 6.08 Å². The number of hydrogen-bond acceptors (Lipinski definition) is 9. The van der Waals surface area contributed by atoms with Crippen LogP contribution in [-0.4, -0.2) is 53.9 Å². The van der Waals surface area contributed by atoms with Gasteiger partial charge >= 0.3 is 0 Å². The fourth-order valence-corrected chi connectivity index (χ4v) is 8.90. The maximum Gasteiger partial charge on any atom is 0.266 e. The summed E-state index contributed by atoms with van der Waals surface area (Å²) in [5.41, 5.74) is 4.00. The van der Waals surface area contributed by atoms with Gasteiger partial charge in [0.05, 0.1) is 51.9 Å². The van der Waals surface area contributed by atoms with Gasteiger partial charge in [-0.1, -0.05) is 54.3 Å². The van der Waals surface area contributed by atoms with E-state index in [1.807, 2.05) is 48.5 Å². The average molecular weight is 596 g/mol. The van der Waals surface area contributed by atoms with Gasteiger partial charge in [0.1, 0.15) is 10.1 Å². The predicted molar refractivity (Wildman–Crippen MR) is 162 cm³/mol. The summed E-state index contributed by atoms with van der Waals surface area (Å²) < 4.78 is 29.6. The molecule has 0 aliphatic carbocycles. The molecule has 7 nitrogen and oxygen atoms in total. The van der Waals surface area contributed by atoms with Crippen LogP contribution in [0.1, 0.15) is 34.9 Å². The number of methoxy groups -OCH3 is 1. The number of hydrazone groups is 1. The monoisotopic (exact) mass is 595 g/mol. The molecule has 0 spiro atoms. The number of thiophene rings is 1. The Bertz CT molecular complexity index is 1580. The van der Waals surface area contributed by atoms with Gasteiger partial charge in [-0.3, -0.25) is 14.7 Å². The minimum absolute atomic E-state index is 0.0272. The highest BCUT2D eigenvalue weighted by atomic mass is 32.2. The van der Waals surface area contributed by atoms with Crippen LogP contribution < -0.4 is 9.75 Å². The molecule has 2 aromatic carbocycles. The number of sulfone groups is 1. The molecule has 2 fully saturated rings. The number of benzene rings is 2. The van der Waals surface area contributed by atoms with Crippen LogP contribution in [0.2, 0.25) is 0 Å². The topological polar surface area (TPSA) is 79.3 Å². The zero-order valence-electron chi connectivity index (χ0n) is 21.0. The Kier molecular flexibility index (Phi) is 7.09. The number of thioether (sulfide) groups is 1. The molecule has 0 bridgehead atoms. The fraction of sp³-hybridized carbons (Fsp3) is 0.250. The number of carbonyl (C=O) groups is 1. The Morgan fingerprint density at radius 1 is 1.10 bits per heavy atom. The van der Waals surface area contributed by atoms with Gasteiger partial charge in [-0.25, -0.2) is 8.42 Å². The van der Waals surface area contributed by atoms with Gasteiger partial charge in [0.25, 0.3) is 5.91 Å². The molecule has 4 heterocycles. The number of hydrogen-bond donors (Lipinski definition) is 0. The van der Waals surface area contributed by atoms with E-state index in [0.717, 1.165) is 39.6 Å². The lowest BCUT2D eigenvalue weighted by atomic mass is 10.0. The summed E-state index contributed by atoms with van der Waals surface area (Å²) in [6.45, 7) is 0. The normalized spacial score (nSPS) is 23.6. The minimum atomic E-state index is -3.12. The van der Waals surface area contributed by atoms with Crippen molar-refractivity contribution in [2.24, 2.45) is 5.10 Å². The summed E-state index contributed by atoms with van der Waals surface area (Å²) in [6, 6.07) is 19.8. The number of rotatable bonds is 6. The quantitative estimate of drug-likeness (QED) is 0.275. The van der Waals surface area contributed by atoms with Gasteiger partial charge in [-0.05, 0) is 59.3 Å². The molecule has 0 saturated carbocycles. The molecule has 3 aliphatic heterocycles. The lowest BCUT2D eigenvalue weighted by molar-refractivity contribution is -0.123. The third kappa shape index (κ3) is 5.28. The van der Waals surface area contributed by atoms with Crippen molar-refractivity contribution in [3.63, 3.8) is 0 Å². The van der Waals surface area contributed by atoms with Crippen LogP contribution in [0.4, 0.5) is 5.69 Å². The number of amides is 1. The van der Waals surface area contributed by atoms with Gasteiger partial charge < -0.3 is 4.74 Å². The van der Waals surface area contributed by atoms with Crippen molar-refractivity contribution < 1.29 is 17.9 Å². The van der Waals surface area contributed by atoms with E-state index < -0.39 is 9.84 Å². The van der Waals surface area contributed by atoms with Crippen molar-refractivity contribution in [3.8, 4) is 5.75 Å². The van der Waals surface area contributed by atoms with Crippen LogP contribution in [0, 0.1) is 0 Å². The molecule has 2 saturated heterocycles. The second kappa shape index (κ2) is 10.5. The molecule has 2 atom stereocenters. The van der Waals surface area contributed by atoms with Crippen molar-refractivity contribution in [2.45, 2.75) is 24.9 Å². The first-order valence-corrected chi connectivity index (χ1v) is 16.4. The third-order valence-electron chi connectivity index (χ3n) is 7.07. The molecule has 39 heavy (non-hydrogen) atoms. The Hall–Kier alpha value is -2.99. The highest BCUT2D eigenvalue weighted by Gasteiger charge is 2.42. The van der Waals surface area contributed by atoms with Crippen molar-refractivity contribution >= 4 is 72.9 Å². The molecular weight excluding hydrogens is 571 g/mol. The van der Waals surface area contributed by atoms with E-state index in [0.29, 0.717) is 15.6 Å². The van der Waals surface area contributed by atoms with Gasteiger partial charge in [0.15, 0.2) is 9.84 Å². The lowest BCUT2D eigenvalue weighted by Gasteiger charge is -2.24. The molecule has 3 aromatic rings.